The van der Waals surface area contributed by atoms with Crippen molar-refractivity contribution in [2.75, 3.05) is 25.4 Å². The average Bonchev–Trinajstić information content (AvgIpc) is 2.66. The number of nitrogens with two attached hydrogens (primary N) is 1. The van der Waals surface area contributed by atoms with E-state index in [1.54, 1.807) is 0 Å². The highest BCUT2D eigenvalue weighted by Gasteiger charge is 2.34. The van der Waals surface area contributed by atoms with Gasteiger partial charge in [0, 0.05) is 37.0 Å². The normalized spacial score (nSPS) is 18.0. The topological polar surface area (TPSA) is 66.6 Å². The molecule has 2 rings (SSSR count). The number of thiol groups is 1. The zero-order valence-electron chi connectivity index (χ0n) is 16.5. The first kappa shape index (κ1) is 23.8. The Balaban J connectivity index is 0.00000364. The van der Waals surface area contributed by atoms with Crippen molar-refractivity contribution < 1.29 is 9.59 Å². The maximum absolute atomic E-state index is 13.0. The third-order valence-electron chi connectivity index (χ3n) is 5.29. The maximum atomic E-state index is 13.0. The molecule has 2 amide bonds. The summed E-state index contributed by atoms with van der Waals surface area (Å²) in [5.41, 5.74) is 8.81. The Bertz CT molecular complexity index is 656. The predicted octanol–water partition coefficient (Wildman–Crippen LogP) is 2.83. The average molecular weight is 414 g/mol. The summed E-state index contributed by atoms with van der Waals surface area (Å²) in [6, 6.07) is 5.28. The van der Waals surface area contributed by atoms with E-state index in [9.17, 15) is 9.59 Å². The molecule has 1 fully saturated rings. The van der Waals surface area contributed by atoms with Crippen molar-refractivity contribution in [1.29, 1.82) is 0 Å². The van der Waals surface area contributed by atoms with Crippen LogP contribution in [0, 0.1) is 13.8 Å². The van der Waals surface area contributed by atoms with Gasteiger partial charge in [0.2, 0.25) is 5.91 Å². The standard InChI is InChI=1S/C20H31N3O2S.ClH/c1-4-5-8-16-12-22(10-11-23(16)20(25)18(21)13-26)19(24)17-9-6-7-14(2)15(17)3;/h6-7,9,16,18,26H,4-5,8,10-13,21H2,1-3H3;1H/t16-,18-;/m0./s1. The molecule has 1 aromatic rings. The van der Waals surface area contributed by atoms with Crippen LogP contribution < -0.4 is 5.73 Å². The molecule has 0 spiro atoms. The Morgan fingerprint density at radius 3 is 2.63 bits per heavy atom. The lowest BCUT2D eigenvalue weighted by molar-refractivity contribution is -0.136. The monoisotopic (exact) mass is 413 g/mol. The van der Waals surface area contributed by atoms with Crippen molar-refractivity contribution in [2.45, 2.75) is 52.1 Å². The summed E-state index contributed by atoms with van der Waals surface area (Å²) < 4.78 is 0. The number of amides is 2. The molecule has 1 heterocycles. The van der Waals surface area contributed by atoms with E-state index in [0.29, 0.717) is 25.4 Å². The van der Waals surface area contributed by atoms with Crippen molar-refractivity contribution in [3.8, 4) is 0 Å². The highest BCUT2D eigenvalue weighted by molar-refractivity contribution is 7.80. The van der Waals surface area contributed by atoms with Gasteiger partial charge in [-0.25, -0.2) is 0 Å². The zero-order chi connectivity index (χ0) is 19.3. The fourth-order valence-electron chi connectivity index (χ4n) is 3.46. The van der Waals surface area contributed by atoms with Crippen LogP contribution in [0.3, 0.4) is 0 Å². The summed E-state index contributed by atoms with van der Waals surface area (Å²) >= 11 is 4.16. The van der Waals surface area contributed by atoms with Gasteiger partial charge in [0.05, 0.1) is 6.04 Å². The molecule has 2 N–H and O–H groups in total. The molecule has 0 aliphatic carbocycles. The van der Waals surface area contributed by atoms with Crippen molar-refractivity contribution >= 4 is 36.9 Å². The molecule has 1 aromatic carbocycles. The summed E-state index contributed by atoms with van der Waals surface area (Å²) in [5.74, 6) is 0.333. The van der Waals surface area contributed by atoms with Gasteiger partial charge in [0.1, 0.15) is 0 Å². The summed E-state index contributed by atoms with van der Waals surface area (Å²) in [6.45, 7) is 7.78. The number of hydrogen-bond donors (Lipinski definition) is 2. The summed E-state index contributed by atoms with van der Waals surface area (Å²) in [7, 11) is 0. The van der Waals surface area contributed by atoms with Gasteiger partial charge in [-0.15, -0.1) is 12.4 Å². The quantitative estimate of drug-likeness (QED) is 0.704. The van der Waals surface area contributed by atoms with Crippen LogP contribution in [0.15, 0.2) is 18.2 Å². The van der Waals surface area contributed by atoms with E-state index in [4.69, 9.17) is 5.73 Å². The lowest BCUT2D eigenvalue weighted by Crippen LogP contribution is -2.59. The maximum Gasteiger partial charge on any atom is 0.254 e. The van der Waals surface area contributed by atoms with Crippen LogP contribution in [-0.4, -0.2) is 59.1 Å². The Morgan fingerprint density at radius 1 is 1.30 bits per heavy atom. The van der Waals surface area contributed by atoms with E-state index in [1.807, 2.05) is 41.8 Å². The third-order valence-corrected chi connectivity index (χ3v) is 5.69. The molecular weight excluding hydrogens is 382 g/mol. The molecular formula is C20H32ClN3O2S. The molecule has 5 nitrogen and oxygen atoms in total. The van der Waals surface area contributed by atoms with Crippen LogP contribution >= 0.6 is 25.0 Å². The fourth-order valence-corrected chi connectivity index (χ4v) is 3.62. The van der Waals surface area contributed by atoms with E-state index in [-0.39, 0.29) is 30.3 Å². The van der Waals surface area contributed by atoms with Crippen LogP contribution in [0.1, 0.15) is 47.7 Å². The Labute approximate surface area is 174 Å². The number of carbonyl (C=O) groups is 2. The minimum atomic E-state index is -0.580. The number of piperazine rings is 1. The van der Waals surface area contributed by atoms with Gasteiger partial charge < -0.3 is 15.5 Å². The van der Waals surface area contributed by atoms with Crippen molar-refractivity contribution in [3.63, 3.8) is 0 Å². The minimum Gasteiger partial charge on any atom is -0.335 e. The van der Waals surface area contributed by atoms with E-state index < -0.39 is 6.04 Å². The molecule has 152 valence electrons. The molecule has 0 aromatic heterocycles. The smallest absolute Gasteiger partial charge is 0.254 e. The SMILES string of the molecule is CCCC[C@H]1CN(C(=O)c2cccc(C)c2C)CCN1C(=O)[C@@H](N)CS.Cl. The van der Waals surface area contributed by atoms with Gasteiger partial charge in [-0.05, 0) is 37.5 Å². The number of rotatable bonds is 6. The van der Waals surface area contributed by atoms with Crippen LogP contribution in [-0.2, 0) is 4.79 Å². The van der Waals surface area contributed by atoms with E-state index in [1.165, 1.54) is 0 Å². The second-order valence-electron chi connectivity index (χ2n) is 7.12. The van der Waals surface area contributed by atoms with E-state index in [0.717, 1.165) is 36.0 Å². The summed E-state index contributed by atoms with van der Waals surface area (Å²) in [5, 5.41) is 0. The van der Waals surface area contributed by atoms with Gasteiger partial charge in [-0.2, -0.15) is 12.6 Å². The number of halogens is 1. The molecule has 0 unspecified atom stereocenters. The molecule has 0 saturated carbocycles. The number of benzene rings is 1. The molecule has 1 aliphatic heterocycles. The summed E-state index contributed by atoms with van der Waals surface area (Å²) in [6.07, 6.45) is 2.97. The molecule has 2 atom stereocenters. The zero-order valence-corrected chi connectivity index (χ0v) is 18.2. The Kier molecular flexibility index (Phi) is 9.63. The van der Waals surface area contributed by atoms with Gasteiger partial charge in [-0.3, -0.25) is 9.59 Å². The third kappa shape index (κ3) is 5.62. The van der Waals surface area contributed by atoms with Gasteiger partial charge in [0.25, 0.3) is 5.91 Å². The lowest BCUT2D eigenvalue weighted by atomic mass is 10.00. The molecule has 0 bridgehead atoms. The summed E-state index contributed by atoms with van der Waals surface area (Å²) in [4.78, 5) is 29.4. The first-order chi connectivity index (χ1) is 12.4. The van der Waals surface area contributed by atoms with Crippen molar-refractivity contribution in [1.82, 2.24) is 9.80 Å². The second kappa shape index (κ2) is 10.9. The lowest BCUT2D eigenvalue weighted by Gasteiger charge is -2.42. The number of nitrogens with zero attached hydrogens (tertiary/aromatic N) is 2. The minimum absolute atomic E-state index is 0. The number of carbonyl (C=O) groups excluding carboxylic acids is 2. The van der Waals surface area contributed by atoms with Crippen molar-refractivity contribution in [2.24, 2.45) is 5.73 Å². The van der Waals surface area contributed by atoms with Gasteiger partial charge >= 0.3 is 0 Å². The van der Waals surface area contributed by atoms with E-state index in [2.05, 4.69) is 19.6 Å². The molecule has 0 radical (unpaired) electrons. The Morgan fingerprint density at radius 2 is 2.00 bits per heavy atom. The first-order valence-corrected chi connectivity index (χ1v) is 10.1. The van der Waals surface area contributed by atoms with Crippen molar-refractivity contribution in [3.05, 3.63) is 34.9 Å². The van der Waals surface area contributed by atoms with Crippen LogP contribution in [0.5, 0.6) is 0 Å². The Hall–Kier alpha value is -1.24. The largest absolute Gasteiger partial charge is 0.335 e. The number of unbranched alkanes of at least 4 members (excludes halogenated alkanes) is 1. The molecule has 1 saturated heterocycles. The first-order valence-electron chi connectivity index (χ1n) is 9.43. The van der Waals surface area contributed by atoms with Gasteiger partial charge in [-0.1, -0.05) is 31.9 Å². The molecule has 27 heavy (non-hydrogen) atoms. The number of hydrogen-bond acceptors (Lipinski definition) is 4. The molecule has 1 aliphatic rings. The molecule has 7 heteroatoms. The second-order valence-corrected chi connectivity index (χ2v) is 7.48. The van der Waals surface area contributed by atoms with E-state index >= 15 is 0 Å². The number of aryl methyl sites for hydroxylation is 1. The van der Waals surface area contributed by atoms with Crippen LogP contribution in [0.25, 0.3) is 0 Å². The fraction of sp³-hybridized carbons (Fsp3) is 0.600. The van der Waals surface area contributed by atoms with Crippen LogP contribution in [0.4, 0.5) is 0 Å². The highest BCUT2D eigenvalue weighted by atomic mass is 35.5. The highest BCUT2D eigenvalue weighted by Crippen LogP contribution is 2.21. The van der Waals surface area contributed by atoms with Crippen LogP contribution in [0.2, 0.25) is 0 Å². The predicted molar refractivity (Wildman–Crippen MR) is 116 cm³/mol. The van der Waals surface area contributed by atoms with Gasteiger partial charge in [0.15, 0.2) is 0 Å².